The Morgan fingerprint density at radius 2 is 1.39 bits per heavy atom. The standard InChI is InChI=1S/C17H30Cl2O2Si2/c1-12(2)16(20-22(3,4)5)17(21-23(6,7)8)14-10-9-13(18)11-15(14)19/h9-12,16-17H,1-8H3. The zero-order chi connectivity index (χ0) is 18.0. The molecule has 2 atom stereocenters. The second-order valence-electron chi connectivity index (χ2n) is 8.26. The molecule has 0 heterocycles. The summed E-state index contributed by atoms with van der Waals surface area (Å²) in [6, 6.07) is 5.62. The summed E-state index contributed by atoms with van der Waals surface area (Å²) in [5, 5.41) is 1.28. The number of halogens is 2. The zero-order valence-electron chi connectivity index (χ0n) is 15.5. The van der Waals surface area contributed by atoms with Crippen LogP contribution in [0, 0.1) is 5.92 Å². The first-order valence-electron chi connectivity index (χ1n) is 8.11. The molecular formula is C17H30Cl2O2Si2. The fourth-order valence-electron chi connectivity index (χ4n) is 2.38. The van der Waals surface area contributed by atoms with E-state index in [1.165, 1.54) is 0 Å². The van der Waals surface area contributed by atoms with Crippen molar-refractivity contribution < 1.29 is 8.85 Å². The minimum absolute atomic E-state index is 0.0212. The van der Waals surface area contributed by atoms with Gasteiger partial charge in [-0.25, -0.2) is 0 Å². The van der Waals surface area contributed by atoms with Crippen LogP contribution in [0.25, 0.3) is 0 Å². The van der Waals surface area contributed by atoms with E-state index < -0.39 is 16.6 Å². The lowest BCUT2D eigenvalue weighted by Crippen LogP contribution is -2.42. The van der Waals surface area contributed by atoms with Gasteiger partial charge in [-0.3, -0.25) is 0 Å². The molecule has 23 heavy (non-hydrogen) atoms. The molecule has 0 aromatic heterocycles. The molecular weight excluding hydrogens is 363 g/mol. The van der Waals surface area contributed by atoms with Gasteiger partial charge in [0.1, 0.15) is 0 Å². The van der Waals surface area contributed by atoms with E-state index in [1.54, 1.807) is 6.07 Å². The Bertz CT molecular complexity index is 522. The van der Waals surface area contributed by atoms with Crippen LogP contribution in [0.1, 0.15) is 25.5 Å². The monoisotopic (exact) mass is 392 g/mol. The van der Waals surface area contributed by atoms with Crippen LogP contribution in [-0.4, -0.2) is 22.7 Å². The molecule has 1 rings (SSSR count). The van der Waals surface area contributed by atoms with Gasteiger partial charge in [-0.05, 0) is 57.3 Å². The third kappa shape index (κ3) is 7.28. The predicted octanol–water partition coefficient (Wildman–Crippen LogP) is 6.76. The lowest BCUT2D eigenvalue weighted by molar-refractivity contribution is 0.0140. The predicted molar refractivity (Wildman–Crippen MR) is 107 cm³/mol. The lowest BCUT2D eigenvalue weighted by atomic mass is 9.96. The molecule has 132 valence electrons. The highest BCUT2D eigenvalue weighted by Crippen LogP contribution is 2.37. The molecule has 0 amide bonds. The van der Waals surface area contributed by atoms with Crippen molar-refractivity contribution in [2.24, 2.45) is 5.92 Å². The van der Waals surface area contributed by atoms with Gasteiger partial charge in [-0.2, -0.15) is 0 Å². The fourth-order valence-corrected chi connectivity index (χ4v) is 5.13. The van der Waals surface area contributed by atoms with Crippen LogP contribution in [-0.2, 0) is 8.85 Å². The molecule has 0 saturated heterocycles. The van der Waals surface area contributed by atoms with E-state index in [1.807, 2.05) is 12.1 Å². The number of hydrogen-bond donors (Lipinski definition) is 0. The molecule has 0 bridgehead atoms. The van der Waals surface area contributed by atoms with Crippen molar-refractivity contribution in [3.63, 3.8) is 0 Å². The average molecular weight is 394 g/mol. The van der Waals surface area contributed by atoms with E-state index in [4.69, 9.17) is 32.1 Å². The Balaban J connectivity index is 3.31. The quantitative estimate of drug-likeness (QED) is 0.476. The van der Waals surface area contributed by atoms with Crippen LogP contribution >= 0.6 is 23.2 Å². The molecule has 0 fully saturated rings. The van der Waals surface area contributed by atoms with Crippen molar-refractivity contribution in [3.05, 3.63) is 33.8 Å². The summed E-state index contributed by atoms with van der Waals surface area (Å²) < 4.78 is 13.0. The highest BCUT2D eigenvalue weighted by atomic mass is 35.5. The summed E-state index contributed by atoms with van der Waals surface area (Å²) in [6.07, 6.45) is -0.190. The summed E-state index contributed by atoms with van der Waals surface area (Å²) in [5.74, 6) is 0.329. The van der Waals surface area contributed by atoms with Gasteiger partial charge < -0.3 is 8.85 Å². The van der Waals surface area contributed by atoms with E-state index in [2.05, 4.69) is 53.1 Å². The molecule has 0 aliphatic heterocycles. The molecule has 2 unspecified atom stereocenters. The Morgan fingerprint density at radius 1 is 0.870 bits per heavy atom. The van der Waals surface area contributed by atoms with E-state index in [-0.39, 0.29) is 12.2 Å². The normalized spacial score (nSPS) is 15.8. The SMILES string of the molecule is CC(C)C(O[Si](C)(C)C)C(O[Si](C)(C)C)c1ccc(Cl)cc1Cl. The third-order valence-corrected chi connectivity index (χ3v) is 5.70. The van der Waals surface area contributed by atoms with E-state index >= 15 is 0 Å². The van der Waals surface area contributed by atoms with Gasteiger partial charge in [0.05, 0.1) is 12.2 Å². The van der Waals surface area contributed by atoms with Gasteiger partial charge in [0.2, 0.25) is 0 Å². The summed E-state index contributed by atoms with van der Waals surface area (Å²) in [4.78, 5) is 0. The molecule has 1 aromatic carbocycles. The molecule has 0 saturated carbocycles. The summed E-state index contributed by atoms with van der Waals surface area (Å²) in [5.41, 5.74) is 0.968. The Labute approximate surface area is 153 Å². The minimum atomic E-state index is -1.78. The van der Waals surface area contributed by atoms with E-state index in [0.29, 0.717) is 16.0 Å². The molecule has 0 radical (unpaired) electrons. The Hall–Kier alpha value is 0.154. The minimum Gasteiger partial charge on any atom is -0.412 e. The fraction of sp³-hybridized carbons (Fsp3) is 0.647. The molecule has 0 N–H and O–H groups in total. The lowest BCUT2D eigenvalue weighted by Gasteiger charge is -2.38. The van der Waals surface area contributed by atoms with Gasteiger partial charge in [-0.1, -0.05) is 43.1 Å². The van der Waals surface area contributed by atoms with Crippen molar-refractivity contribution in [3.8, 4) is 0 Å². The van der Waals surface area contributed by atoms with E-state index in [9.17, 15) is 0 Å². The van der Waals surface area contributed by atoms with Gasteiger partial charge in [0, 0.05) is 15.6 Å². The van der Waals surface area contributed by atoms with Crippen molar-refractivity contribution in [1.29, 1.82) is 0 Å². The first kappa shape index (κ1) is 21.2. The first-order chi connectivity index (χ1) is 10.3. The van der Waals surface area contributed by atoms with Gasteiger partial charge in [-0.15, -0.1) is 0 Å². The van der Waals surface area contributed by atoms with Gasteiger partial charge >= 0.3 is 0 Å². The van der Waals surface area contributed by atoms with Crippen molar-refractivity contribution in [2.45, 2.75) is 65.3 Å². The summed E-state index contributed by atoms with van der Waals surface area (Å²) in [7, 11) is -3.50. The maximum Gasteiger partial charge on any atom is 0.184 e. The third-order valence-electron chi connectivity index (χ3n) is 3.19. The largest absolute Gasteiger partial charge is 0.412 e. The van der Waals surface area contributed by atoms with Gasteiger partial charge in [0.15, 0.2) is 16.6 Å². The second kappa shape index (κ2) is 8.02. The maximum atomic E-state index is 6.52. The van der Waals surface area contributed by atoms with Crippen LogP contribution in [0.2, 0.25) is 49.3 Å². The molecule has 6 heteroatoms. The molecule has 2 nitrogen and oxygen atoms in total. The highest BCUT2D eigenvalue weighted by molar-refractivity contribution is 6.70. The van der Waals surface area contributed by atoms with Gasteiger partial charge in [0.25, 0.3) is 0 Å². The first-order valence-corrected chi connectivity index (χ1v) is 15.7. The van der Waals surface area contributed by atoms with Crippen molar-refractivity contribution >= 4 is 39.8 Å². The zero-order valence-corrected chi connectivity index (χ0v) is 19.0. The Kier molecular flexibility index (Phi) is 7.39. The smallest absolute Gasteiger partial charge is 0.184 e. The van der Waals surface area contributed by atoms with Crippen LogP contribution in [0.4, 0.5) is 0 Å². The summed E-state index contributed by atoms with van der Waals surface area (Å²) in [6.45, 7) is 17.5. The number of hydrogen-bond acceptors (Lipinski definition) is 2. The number of benzene rings is 1. The molecule has 0 aliphatic carbocycles. The molecule has 0 aliphatic rings. The van der Waals surface area contributed by atoms with Crippen molar-refractivity contribution in [2.75, 3.05) is 0 Å². The topological polar surface area (TPSA) is 18.5 Å². The van der Waals surface area contributed by atoms with E-state index in [0.717, 1.165) is 5.56 Å². The van der Waals surface area contributed by atoms with Crippen LogP contribution in [0.5, 0.6) is 0 Å². The number of rotatable bonds is 7. The second-order valence-corrected chi connectivity index (χ2v) is 18.0. The maximum absolute atomic E-state index is 6.52. The highest BCUT2D eigenvalue weighted by Gasteiger charge is 2.36. The summed E-state index contributed by atoms with van der Waals surface area (Å²) >= 11 is 12.5. The molecule has 0 spiro atoms. The van der Waals surface area contributed by atoms with Crippen LogP contribution in [0.15, 0.2) is 18.2 Å². The molecule has 1 aromatic rings. The Morgan fingerprint density at radius 3 is 1.78 bits per heavy atom. The average Bonchev–Trinajstić information content (AvgIpc) is 2.31. The van der Waals surface area contributed by atoms with Crippen LogP contribution in [0.3, 0.4) is 0 Å². The van der Waals surface area contributed by atoms with Crippen molar-refractivity contribution in [1.82, 2.24) is 0 Å². The van der Waals surface area contributed by atoms with Crippen LogP contribution < -0.4 is 0 Å².